The molecule has 0 aromatic heterocycles. The topological polar surface area (TPSA) is 38.0 Å². The molecule has 2 nitrogen and oxygen atoms in total. The second-order valence-electron chi connectivity index (χ2n) is 4.75. The number of nitrogens with one attached hydrogen (secondary N) is 1. The van der Waals surface area contributed by atoms with Gasteiger partial charge in [-0.2, -0.15) is 0 Å². The van der Waals surface area contributed by atoms with E-state index in [9.17, 15) is 8.78 Å². The SMILES string of the molecule is Cc1ccc(Cl)cc1C(Cc1c(F)ccc(Br)c1F)NN. The minimum absolute atomic E-state index is 0.0216. The zero-order valence-electron chi connectivity index (χ0n) is 11.3. The molecule has 0 aliphatic rings. The Bertz CT molecular complexity index is 664. The monoisotopic (exact) mass is 374 g/mol. The number of hydrogen-bond acceptors (Lipinski definition) is 2. The molecule has 2 aromatic rings. The van der Waals surface area contributed by atoms with Crippen LogP contribution in [0.2, 0.25) is 5.02 Å². The highest BCUT2D eigenvalue weighted by atomic mass is 79.9. The molecule has 0 saturated heterocycles. The third-order valence-electron chi connectivity index (χ3n) is 3.37. The lowest BCUT2D eigenvalue weighted by molar-refractivity contribution is 0.496. The quantitative estimate of drug-likeness (QED) is 0.471. The zero-order chi connectivity index (χ0) is 15.6. The predicted molar refractivity (Wildman–Crippen MR) is 84.0 cm³/mol. The minimum Gasteiger partial charge on any atom is -0.271 e. The summed E-state index contributed by atoms with van der Waals surface area (Å²) in [4.78, 5) is 0. The summed E-state index contributed by atoms with van der Waals surface area (Å²) < 4.78 is 28.2. The second kappa shape index (κ2) is 6.83. The van der Waals surface area contributed by atoms with E-state index in [0.29, 0.717) is 5.02 Å². The van der Waals surface area contributed by atoms with Crippen molar-refractivity contribution in [3.63, 3.8) is 0 Å². The number of hydrogen-bond donors (Lipinski definition) is 2. The van der Waals surface area contributed by atoms with Crippen LogP contribution in [-0.2, 0) is 6.42 Å². The second-order valence-corrected chi connectivity index (χ2v) is 6.04. The number of benzene rings is 2. The zero-order valence-corrected chi connectivity index (χ0v) is 13.6. The smallest absolute Gasteiger partial charge is 0.143 e. The van der Waals surface area contributed by atoms with E-state index >= 15 is 0 Å². The number of rotatable bonds is 4. The fourth-order valence-electron chi connectivity index (χ4n) is 2.21. The lowest BCUT2D eigenvalue weighted by Gasteiger charge is -2.20. The van der Waals surface area contributed by atoms with Gasteiger partial charge in [0.15, 0.2) is 0 Å². The molecule has 0 amide bonds. The molecule has 2 aromatic carbocycles. The van der Waals surface area contributed by atoms with Crippen LogP contribution in [0.25, 0.3) is 0 Å². The number of nitrogens with two attached hydrogens (primary N) is 1. The molecular formula is C15H14BrClF2N2. The van der Waals surface area contributed by atoms with Gasteiger partial charge in [-0.15, -0.1) is 0 Å². The molecule has 0 heterocycles. The van der Waals surface area contributed by atoms with Crippen molar-refractivity contribution in [3.8, 4) is 0 Å². The maximum atomic E-state index is 14.1. The Labute approximate surface area is 135 Å². The van der Waals surface area contributed by atoms with E-state index in [-0.39, 0.29) is 16.5 Å². The van der Waals surface area contributed by atoms with E-state index < -0.39 is 17.7 Å². The standard InChI is InChI=1S/C15H14BrClF2N2/c1-8-2-3-9(17)6-10(8)14(21-20)7-11-13(18)5-4-12(16)15(11)19/h2-6,14,21H,7,20H2,1H3. The van der Waals surface area contributed by atoms with Crippen molar-refractivity contribution < 1.29 is 8.78 Å². The van der Waals surface area contributed by atoms with Crippen LogP contribution in [0.15, 0.2) is 34.8 Å². The van der Waals surface area contributed by atoms with E-state index in [0.717, 1.165) is 11.1 Å². The maximum Gasteiger partial charge on any atom is 0.143 e. The summed E-state index contributed by atoms with van der Waals surface area (Å²) in [5.41, 5.74) is 4.33. The number of halogens is 4. The van der Waals surface area contributed by atoms with Crippen LogP contribution in [0.3, 0.4) is 0 Å². The van der Waals surface area contributed by atoms with Crippen LogP contribution in [0, 0.1) is 18.6 Å². The van der Waals surface area contributed by atoms with Crippen molar-refractivity contribution in [2.24, 2.45) is 5.84 Å². The molecule has 0 saturated carbocycles. The van der Waals surface area contributed by atoms with Gasteiger partial charge >= 0.3 is 0 Å². The summed E-state index contributed by atoms with van der Waals surface area (Å²) in [6.07, 6.45) is 0.0782. The average Bonchev–Trinajstić information content (AvgIpc) is 2.46. The Morgan fingerprint density at radius 2 is 2.00 bits per heavy atom. The van der Waals surface area contributed by atoms with Gasteiger partial charge in [0.25, 0.3) is 0 Å². The minimum atomic E-state index is -0.616. The fraction of sp³-hybridized carbons (Fsp3) is 0.200. The van der Waals surface area contributed by atoms with Crippen molar-refractivity contribution in [1.82, 2.24) is 5.43 Å². The van der Waals surface area contributed by atoms with E-state index in [2.05, 4.69) is 21.4 Å². The van der Waals surface area contributed by atoms with Crippen LogP contribution in [0.5, 0.6) is 0 Å². The summed E-state index contributed by atoms with van der Waals surface area (Å²) in [5.74, 6) is 4.34. The largest absolute Gasteiger partial charge is 0.271 e. The van der Waals surface area contributed by atoms with Gasteiger partial charge in [0.05, 0.1) is 10.5 Å². The molecule has 112 valence electrons. The van der Waals surface area contributed by atoms with Crippen LogP contribution in [-0.4, -0.2) is 0 Å². The molecule has 6 heteroatoms. The maximum absolute atomic E-state index is 14.1. The molecular weight excluding hydrogens is 362 g/mol. The van der Waals surface area contributed by atoms with Crippen molar-refractivity contribution >= 4 is 27.5 Å². The first-order valence-corrected chi connectivity index (χ1v) is 7.45. The first-order chi connectivity index (χ1) is 9.93. The van der Waals surface area contributed by atoms with Crippen molar-refractivity contribution in [3.05, 3.63) is 68.2 Å². The molecule has 3 N–H and O–H groups in total. The summed E-state index contributed by atoms with van der Waals surface area (Å²) in [5, 5.41) is 0.547. The van der Waals surface area contributed by atoms with Gasteiger partial charge in [0.2, 0.25) is 0 Å². The Balaban J connectivity index is 2.40. The van der Waals surface area contributed by atoms with Crippen molar-refractivity contribution in [2.45, 2.75) is 19.4 Å². The summed E-state index contributed by atoms with van der Waals surface area (Å²) in [6.45, 7) is 1.89. The highest BCUT2D eigenvalue weighted by Gasteiger charge is 2.20. The summed E-state index contributed by atoms with van der Waals surface area (Å²) in [6, 6.07) is 7.46. The number of aryl methyl sites for hydroxylation is 1. The molecule has 21 heavy (non-hydrogen) atoms. The molecule has 1 atom stereocenters. The van der Waals surface area contributed by atoms with Gasteiger partial charge in [-0.05, 0) is 64.7 Å². The Kier molecular flexibility index (Phi) is 5.32. The van der Waals surface area contributed by atoms with Crippen molar-refractivity contribution in [2.75, 3.05) is 0 Å². The predicted octanol–water partition coefficient (Wildman–Crippen LogP) is 4.44. The molecule has 0 bridgehead atoms. The van der Waals surface area contributed by atoms with Gasteiger partial charge in [-0.25, -0.2) is 8.78 Å². The third kappa shape index (κ3) is 3.61. The summed E-state index contributed by atoms with van der Waals surface area (Å²) >= 11 is 9.04. The summed E-state index contributed by atoms with van der Waals surface area (Å²) in [7, 11) is 0. The Morgan fingerprint density at radius 1 is 1.29 bits per heavy atom. The van der Waals surface area contributed by atoms with Crippen molar-refractivity contribution in [1.29, 1.82) is 0 Å². The van der Waals surface area contributed by atoms with Crippen LogP contribution in [0.1, 0.15) is 22.7 Å². The lowest BCUT2D eigenvalue weighted by Crippen LogP contribution is -2.30. The highest BCUT2D eigenvalue weighted by Crippen LogP contribution is 2.28. The Morgan fingerprint density at radius 3 is 2.67 bits per heavy atom. The Hall–Kier alpha value is -1.01. The van der Waals surface area contributed by atoms with E-state index in [4.69, 9.17) is 17.4 Å². The van der Waals surface area contributed by atoms with Gasteiger partial charge < -0.3 is 0 Å². The first-order valence-electron chi connectivity index (χ1n) is 6.28. The molecule has 0 aliphatic heterocycles. The molecule has 0 spiro atoms. The van der Waals surface area contributed by atoms with Gasteiger partial charge in [-0.3, -0.25) is 11.3 Å². The third-order valence-corrected chi connectivity index (χ3v) is 4.21. The van der Waals surface area contributed by atoms with Crippen LogP contribution < -0.4 is 11.3 Å². The van der Waals surface area contributed by atoms with Gasteiger partial charge in [0.1, 0.15) is 11.6 Å². The highest BCUT2D eigenvalue weighted by molar-refractivity contribution is 9.10. The lowest BCUT2D eigenvalue weighted by atomic mass is 9.95. The normalized spacial score (nSPS) is 12.5. The first kappa shape index (κ1) is 16.4. The fourth-order valence-corrected chi connectivity index (χ4v) is 2.76. The van der Waals surface area contributed by atoms with E-state index in [1.165, 1.54) is 12.1 Å². The van der Waals surface area contributed by atoms with Gasteiger partial charge in [0, 0.05) is 10.6 Å². The molecule has 0 radical (unpaired) electrons. The molecule has 1 unspecified atom stereocenters. The molecule has 0 fully saturated rings. The molecule has 0 aliphatic carbocycles. The molecule has 2 rings (SSSR count). The average molecular weight is 376 g/mol. The van der Waals surface area contributed by atoms with E-state index in [1.807, 2.05) is 13.0 Å². The van der Waals surface area contributed by atoms with E-state index in [1.54, 1.807) is 12.1 Å². The van der Waals surface area contributed by atoms with Crippen LogP contribution in [0.4, 0.5) is 8.78 Å². The van der Waals surface area contributed by atoms with Gasteiger partial charge in [-0.1, -0.05) is 17.7 Å². The van der Waals surface area contributed by atoms with Crippen LogP contribution >= 0.6 is 27.5 Å². The number of hydrazine groups is 1.